The second-order valence-electron chi connectivity index (χ2n) is 3.11. The van der Waals surface area contributed by atoms with Gasteiger partial charge in [0.05, 0.1) is 0 Å². The number of aldehydes is 1. The standard InChI is InChI=1S/C10H7F5O3/c11-9(12)18-7-2-1-6(4-16)3-8(7)17-5-10(13,14)15/h1-4,9H,5H2. The SMILES string of the molecule is O=Cc1ccc(OC(F)F)c(OCC(F)(F)F)c1. The fourth-order valence-corrected chi connectivity index (χ4v) is 1.06. The predicted molar refractivity (Wildman–Crippen MR) is 50.0 cm³/mol. The third-order valence-corrected chi connectivity index (χ3v) is 1.71. The van der Waals surface area contributed by atoms with Crippen LogP contribution in [0, 0.1) is 0 Å². The molecule has 0 aliphatic rings. The van der Waals surface area contributed by atoms with E-state index in [-0.39, 0.29) is 5.56 Å². The van der Waals surface area contributed by atoms with Gasteiger partial charge in [0.1, 0.15) is 6.29 Å². The van der Waals surface area contributed by atoms with E-state index >= 15 is 0 Å². The zero-order chi connectivity index (χ0) is 13.8. The van der Waals surface area contributed by atoms with Crippen LogP contribution in [0.15, 0.2) is 18.2 Å². The molecule has 0 radical (unpaired) electrons. The number of halogens is 5. The molecule has 0 atom stereocenters. The van der Waals surface area contributed by atoms with Crippen molar-refractivity contribution in [3.63, 3.8) is 0 Å². The zero-order valence-electron chi connectivity index (χ0n) is 8.71. The maximum Gasteiger partial charge on any atom is 0.422 e. The van der Waals surface area contributed by atoms with Gasteiger partial charge in [0.15, 0.2) is 18.1 Å². The van der Waals surface area contributed by atoms with Crippen LogP contribution in [0.2, 0.25) is 0 Å². The van der Waals surface area contributed by atoms with Crippen LogP contribution in [0.4, 0.5) is 22.0 Å². The molecule has 0 N–H and O–H groups in total. The molecule has 1 rings (SSSR count). The fraction of sp³-hybridized carbons (Fsp3) is 0.300. The molecule has 0 fully saturated rings. The van der Waals surface area contributed by atoms with Crippen molar-refractivity contribution in [2.24, 2.45) is 0 Å². The topological polar surface area (TPSA) is 35.5 Å². The van der Waals surface area contributed by atoms with Crippen molar-refractivity contribution in [2.75, 3.05) is 6.61 Å². The van der Waals surface area contributed by atoms with Crippen molar-refractivity contribution in [1.82, 2.24) is 0 Å². The third kappa shape index (κ3) is 4.56. The Bertz CT molecular complexity index is 416. The smallest absolute Gasteiger partial charge is 0.422 e. The van der Waals surface area contributed by atoms with Gasteiger partial charge >= 0.3 is 12.8 Å². The first-order chi connectivity index (χ1) is 8.31. The first-order valence-electron chi connectivity index (χ1n) is 4.55. The lowest BCUT2D eigenvalue weighted by molar-refractivity contribution is -0.154. The molecule has 0 unspecified atom stereocenters. The minimum atomic E-state index is -4.63. The van der Waals surface area contributed by atoms with Gasteiger partial charge in [-0.15, -0.1) is 0 Å². The van der Waals surface area contributed by atoms with Crippen molar-refractivity contribution in [3.05, 3.63) is 23.8 Å². The van der Waals surface area contributed by atoms with Crippen LogP contribution in [-0.4, -0.2) is 25.7 Å². The molecule has 1 aromatic carbocycles. The minimum Gasteiger partial charge on any atom is -0.480 e. The summed E-state index contributed by atoms with van der Waals surface area (Å²) in [6.45, 7) is -4.88. The molecular formula is C10H7F5O3. The Hall–Kier alpha value is -1.86. The summed E-state index contributed by atoms with van der Waals surface area (Å²) in [5.41, 5.74) is -0.0196. The maximum atomic E-state index is 12.0. The molecule has 3 nitrogen and oxygen atoms in total. The van der Waals surface area contributed by atoms with Crippen molar-refractivity contribution in [1.29, 1.82) is 0 Å². The lowest BCUT2D eigenvalue weighted by atomic mass is 10.2. The molecule has 0 bridgehead atoms. The number of carbonyl (C=O) groups is 1. The second-order valence-corrected chi connectivity index (χ2v) is 3.11. The number of ether oxygens (including phenoxy) is 2. The van der Waals surface area contributed by atoms with Crippen LogP contribution in [-0.2, 0) is 0 Å². The Morgan fingerprint density at radius 2 is 1.89 bits per heavy atom. The molecule has 0 aliphatic carbocycles. The largest absolute Gasteiger partial charge is 0.480 e. The third-order valence-electron chi connectivity index (χ3n) is 1.71. The summed E-state index contributed by atoms with van der Waals surface area (Å²) in [6.07, 6.45) is -4.29. The van der Waals surface area contributed by atoms with Crippen molar-refractivity contribution in [2.45, 2.75) is 12.8 Å². The molecule has 0 heterocycles. The fourth-order valence-electron chi connectivity index (χ4n) is 1.06. The van der Waals surface area contributed by atoms with Gasteiger partial charge in [-0.05, 0) is 18.2 Å². The molecular weight excluding hydrogens is 263 g/mol. The highest BCUT2D eigenvalue weighted by molar-refractivity contribution is 5.76. The zero-order valence-corrected chi connectivity index (χ0v) is 8.71. The van der Waals surface area contributed by atoms with E-state index in [0.717, 1.165) is 18.2 Å². The van der Waals surface area contributed by atoms with Crippen LogP contribution in [0.25, 0.3) is 0 Å². The number of carbonyl (C=O) groups excluding carboxylic acids is 1. The molecule has 0 amide bonds. The number of alkyl halides is 5. The Labute approximate surface area is 98.1 Å². The lowest BCUT2D eigenvalue weighted by Gasteiger charge is -2.13. The van der Waals surface area contributed by atoms with Gasteiger partial charge in [-0.2, -0.15) is 22.0 Å². The molecule has 0 aromatic heterocycles. The molecule has 8 heteroatoms. The average molecular weight is 270 g/mol. The van der Waals surface area contributed by atoms with Gasteiger partial charge in [-0.25, -0.2) is 0 Å². The minimum absolute atomic E-state index is 0.0196. The molecule has 0 aliphatic heterocycles. The van der Waals surface area contributed by atoms with Crippen molar-refractivity contribution in [3.8, 4) is 11.5 Å². The molecule has 18 heavy (non-hydrogen) atoms. The van der Waals surface area contributed by atoms with E-state index in [2.05, 4.69) is 9.47 Å². The number of hydrogen-bond acceptors (Lipinski definition) is 3. The van der Waals surface area contributed by atoms with Gasteiger partial charge in [-0.1, -0.05) is 0 Å². The number of hydrogen-bond donors (Lipinski definition) is 0. The highest BCUT2D eigenvalue weighted by atomic mass is 19.4. The summed E-state index contributed by atoms with van der Waals surface area (Å²) in [7, 11) is 0. The molecule has 0 saturated carbocycles. The molecule has 1 aromatic rings. The summed E-state index contributed by atoms with van der Waals surface area (Å²) in [5.74, 6) is -1.14. The van der Waals surface area contributed by atoms with Crippen LogP contribution in [0.1, 0.15) is 10.4 Å². The monoisotopic (exact) mass is 270 g/mol. The second kappa shape index (κ2) is 5.65. The summed E-state index contributed by atoms with van der Waals surface area (Å²) < 4.78 is 68.0. The average Bonchev–Trinajstić information content (AvgIpc) is 2.26. The number of rotatable bonds is 5. The highest BCUT2D eigenvalue weighted by Crippen LogP contribution is 2.30. The van der Waals surface area contributed by atoms with Crippen LogP contribution < -0.4 is 9.47 Å². The summed E-state index contributed by atoms with van der Waals surface area (Å²) in [6, 6.07) is 2.93. The maximum absolute atomic E-state index is 12.0. The first-order valence-corrected chi connectivity index (χ1v) is 4.55. The Balaban J connectivity index is 2.92. The Morgan fingerprint density at radius 1 is 1.22 bits per heavy atom. The van der Waals surface area contributed by atoms with Gasteiger partial charge < -0.3 is 9.47 Å². The van der Waals surface area contributed by atoms with Crippen LogP contribution in [0.3, 0.4) is 0 Å². The summed E-state index contributed by atoms with van der Waals surface area (Å²) >= 11 is 0. The van der Waals surface area contributed by atoms with E-state index in [1.165, 1.54) is 0 Å². The van der Waals surface area contributed by atoms with Gasteiger partial charge in [0.2, 0.25) is 0 Å². The first kappa shape index (κ1) is 14.2. The van der Waals surface area contributed by atoms with E-state index < -0.39 is 30.9 Å². The summed E-state index contributed by atoms with van der Waals surface area (Å²) in [5, 5.41) is 0. The van der Waals surface area contributed by atoms with E-state index in [0.29, 0.717) is 6.29 Å². The normalized spacial score (nSPS) is 11.4. The van der Waals surface area contributed by atoms with E-state index in [4.69, 9.17) is 0 Å². The Morgan fingerprint density at radius 3 is 2.39 bits per heavy atom. The Kier molecular flexibility index (Phi) is 4.46. The van der Waals surface area contributed by atoms with E-state index in [1.807, 2.05) is 0 Å². The van der Waals surface area contributed by atoms with Crippen LogP contribution in [0.5, 0.6) is 11.5 Å². The summed E-state index contributed by atoms with van der Waals surface area (Å²) in [4.78, 5) is 10.4. The number of benzene rings is 1. The van der Waals surface area contributed by atoms with E-state index in [1.54, 1.807) is 0 Å². The highest BCUT2D eigenvalue weighted by Gasteiger charge is 2.29. The molecule has 100 valence electrons. The van der Waals surface area contributed by atoms with Gasteiger partial charge in [0, 0.05) is 5.56 Å². The van der Waals surface area contributed by atoms with E-state index in [9.17, 15) is 26.7 Å². The lowest BCUT2D eigenvalue weighted by Crippen LogP contribution is -2.19. The van der Waals surface area contributed by atoms with Crippen LogP contribution >= 0.6 is 0 Å². The quantitative estimate of drug-likeness (QED) is 0.609. The van der Waals surface area contributed by atoms with Crippen molar-refractivity contribution >= 4 is 6.29 Å². The predicted octanol–water partition coefficient (Wildman–Crippen LogP) is 3.04. The molecule has 0 saturated heterocycles. The van der Waals surface area contributed by atoms with Gasteiger partial charge in [0.25, 0.3) is 0 Å². The van der Waals surface area contributed by atoms with Crippen molar-refractivity contribution < 1.29 is 36.2 Å². The molecule has 0 spiro atoms. The van der Waals surface area contributed by atoms with Gasteiger partial charge in [-0.3, -0.25) is 4.79 Å².